The minimum atomic E-state index is -0.264. The molecule has 1 aliphatic rings. The molecular formula is C23H32N4O2. The van der Waals surface area contributed by atoms with Gasteiger partial charge in [0.25, 0.3) is 5.91 Å². The summed E-state index contributed by atoms with van der Waals surface area (Å²) >= 11 is 0. The van der Waals surface area contributed by atoms with E-state index in [9.17, 15) is 9.59 Å². The third-order valence-corrected chi connectivity index (χ3v) is 5.22. The Morgan fingerprint density at radius 2 is 1.62 bits per heavy atom. The lowest BCUT2D eigenvalue weighted by Crippen LogP contribution is -2.27. The van der Waals surface area contributed by atoms with E-state index in [1.165, 1.54) is 0 Å². The Balaban J connectivity index is 1.74. The summed E-state index contributed by atoms with van der Waals surface area (Å²) in [5, 5.41) is 10.6. The smallest absolute Gasteiger partial charge is 0.256 e. The zero-order valence-electron chi connectivity index (χ0n) is 18.5. The van der Waals surface area contributed by atoms with Crippen molar-refractivity contribution in [3.05, 3.63) is 41.6 Å². The molecule has 2 unspecified atom stereocenters. The second kappa shape index (κ2) is 7.32. The molecule has 0 aliphatic heterocycles. The molecular weight excluding hydrogens is 364 g/mol. The van der Waals surface area contributed by atoms with E-state index in [-0.39, 0.29) is 28.7 Å². The third-order valence-electron chi connectivity index (χ3n) is 5.22. The first-order valence-corrected chi connectivity index (χ1v) is 10.2. The lowest BCUT2D eigenvalue weighted by atomic mass is 9.92. The molecule has 1 aliphatic carbocycles. The average Bonchev–Trinajstić information content (AvgIpc) is 3.16. The number of anilines is 2. The van der Waals surface area contributed by atoms with Crippen molar-refractivity contribution < 1.29 is 9.59 Å². The highest BCUT2D eigenvalue weighted by atomic mass is 16.2. The lowest BCUT2D eigenvalue weighted by molar-refractivity contribution is -0.117. The molecule has 0 saturated heterocycles. The van der Waals surface area contributed by atoms with Gasteiger partial charge in [-0.05, 0) is 57.4 Å². The Bertz CT molecular complexity index is 914. The minimum Gasteiger partial charge on any atom is -0.326 e. The number of carbonyl (C=O) groups excluding carboxylic acids is 2. The van der Waals surface area contributed by atoms with E-state index >= 15 is 0 Å². The Morgan fingerprint density at radius 1 is 1.03 bits per heavy atom. The highest BCUT2D eigenvalue weighted by Crippen LogP contribution is 2.38. The Kier molecular flexibility index (Phi) is 5.32. The number of hydrogen-bond donors (Lipinski definition) is 2. The zero-order chi connectivity index (χ0) is 21.6. The molecule has 2 aromatic rings. The minimum absolute atomic E-state index is 0.0542. The van der Waals surface area contributed by atoms with Crippen LogP contribution in [0, 0.1) is 11.8 Å². The van der Waals surface area contributed by atoms with Crippen LogP contribution in [0.25, 0.3) is 0 Å². The van der Waals surface area contributed by atoms with Crippen LogP contribution in [0.2, 0.25) is 0 Å². The van der Waals surface area contributed by atoms with Crippen LogP contribution >= 0.6 is 0 Å². The zero-order valence-corrected chi connectivity index (χ0v) is 18.5. The molecule has 2 N–H and O–H groups in total. The van der Waals surface area contributed by atoms with Crippen LogP contribution in [0.5, 0.6) is 0 Å². The van der Waals surface area contributed by atoms with E-state index in [2.05, 4.69) is 59.1 Å². The topological polar surface area (TPSA) is 76.0 Å². The van der Waals surface area contributed by atoms with E-state index in [0.29, 0.717) is 23.0 Å². The Hall–Kier alpha value is -2.63. The molecule has 0 radical (unpaired) electrons. The van der Waals surface area contributed by atoms with Gasteiger partial charge in [0.2, 0.25) is 5.91 Å². The van der Waals surface area contributed by atoms with Crippen molar-refractivity contribution in [3.63, 3.8) is 0 Å². The molecule has 6 heteroatoms. The van der Waals surface area contributed by atoms with Gasteiger partial charge in [0.05, 0.1) is 11.2 Å². The van der Waals surface area contributed by atoms with E-state index < -0.39 is 0 Å². The third kappa shape index (κ3) is 4.86. The maximum Gasteiger partial charge on any atom is 0.256 e. The average molecular weight is 397 g/mol. The van der Waals surface area contributed by atoms with Gasteiger partial charge in [-0.25, -0.2) is 4.68 Å². The van der Waals surface area contributed by atoms with Gasteiger partial charge in [0.1, 0.15) is 5.82 Å². The number of amides is 2. The summed E-state index contributed by atoms with van der Waals surface area (Å²) in [6.07, 6.45) is 0.949. The number of hydrogen-bond acceptors (Lipinski definition) is 3. The quantitative estimate of drug-likeness (QED) is 0.781. The summed E-state index contributed by atoms with van der Waals surface area (Å²) in [5.41, 5.74) is 1.78. The maximum atomic E-state index is 12.8. The van der Waals surface area contributed by atoms with Gasteiger partial charge in [-0.2, -0.15) is 5.10 Å². The molecule has 0 bridgehead atoms. The van der Waals surface area contributed by atoms with Crippen LogP contribution < -0.4 is 10.6 Å². The second-order valence-electron chi connectivity index (χ2n) is 10.1. The highest BCUT2D eigenvalue weighted by Gasteiger charge is 2.39. The number of benzene rings is 1. The van der Waals surface area contributed by atoms with Crippen LogP contribution in [-0.4, -0.2) is 21.6 Å². The molecule has 3 rings (SSSR count). The van der Waals surface area contributed by atoms with Gasteiger partial charge in [0.15, 0.2) is 0 Å². The van der Waals surface area contributed by atoms with Crippen LogP contribution in [0.15, 0.2) is 30.3 Å². The predicted molar refractivity (Wildman–Crippen MR) is 116 cm³/mol. The van der Waals surface area contributed by atoms with Gasteiger partial charge >= 0.3 is 0 Å². The van der Waals surface area contributed by atoms with Gasteiger partial charge in [-0.1, -0.05) is 27.7 Å². The molecule has 1 aromatic heterocycles. The van der Waals surface area contributed by atoms with Crippen molar-refractivity contribution in [2.24, 2.45) is 11.8 Å². The number of nitrogens with zero attached hydrogens (tertiary/aromatic N) is 2. The fraction of sp³-hybridized carbons (Fsp3) is 0.522. The maximum absolute atomic E-state index is 12.8. The number of carbonyl (C=O) groups is 2. The summed E-state index contributed by atoms with van der Waals surface area (Å²) in [4.78, 5) is 24.9. The summed E-state index contributed by atoms with van der Waals surface area (Å²) in [6, 6.07) is 8.92. The molecule has 2 atom stereocenters. The molecule has 1 saturated carbocycles. The predicted octanol–water partition coefficient (Wildman–Crippen LogP) is 4.78. The van der Waals surface area contributed by atoms with Crippen molar-refractivity contribution >= 4 is 23.3 Å². The molecule has 0 spiro atoms. The Morgan fingerprint density at radius 3 is 2.10 bits per heavy atom. The van der Waals surface area contributed by atoms with Gasteiger partial charge in [-0.15, -0.1) is 0 Å². The molecule has 156 valence electrons. The molecule has 6 nitrogen and oxygen atoms in total. The fourth-order valence-corrected chi connectivity index (χ4v) is 3.16. The molecule has 1 heterocycles. The van der Waals surface area contributed by atoms with Crippen molar-refractivity contribution in [3.8, 4) is 0 Å². The first-order valence-electron chi connectivity index (χ1n) is 10.2. The van der Waals surface area contributed by atoms with Crippen LogP contribution in [-0.2, 0) is 15.7 Å². The van der Waals surface area contributed by atoms with Crippen LogP contribution in [0.1, 0.15) is 70.9 Å². The van der Waals surface area contributed by atoms with Crippen molar-refractivity contribution in [2.45, 2.75) is 65.8 Å². The number of aromatic nitrogens is 2. The standard InChI is InChI=1S/C23H32N4O2/c1-14-12-17(14)21(29)24-16-10-8-15(9-11-16)20(28)25-19-13-18(22(2,3)4)26-27(19)23(5,6)7/h8-11,13-14,17H,12H2,1-7H3,(H,24,29)(H,25,28). The fourth-order valence-electron chi connectivity index (χ4n) is 3.16. The SMILES string of the molecule is CC1CC1C(=O)Nc1ccc(C(=O)Nc2cc(C(C)(C)C)nn2C(C)(C)C)cc1. The first kappa shape index (κ1) is 21.1. The molecule has 2 amide bonds. The molecule has 1 fully saturated rings. The number of nitrogens with one attached hydrogen (secondary N) is 2. The summed E-state index contributed by atoms with van der Waals surface area (Å²) in [5.74, 6) is 1.11. The molecule has 1 aromatic carbocycles. The van der Waals surface area contributed by atoms with Crippen molar-refractivity contribution in [1.82, 2.24) is 9.78 Å². The van der Waals surface area contributed by atoms with Gasteiger partial charge in [0, 0.05) is 28.7 Å². The summed E-state index contributed by atoms with van der Waals surface area (Å²) < 4.78 is 1.86. The lowest BCUT2D eigenvalue weighted by Gasteiger charge is -2.23. The Labute approximate surface area is 173 Å². The first-order chi connectivity index (χ1) is 13.4. The number of rotatable bonds is 4. The summed E-state index contributed by atoms with van der Waals surface area (Å²) in [7, 11) is 0. The van der Waals surface area contributed by atoms with Crippen molar-refractivity contribution in [2.75, 3.05) is 10.6 Å². The van der Waals surface area contributed by atoms with E-state index in [0.717, 1.165) is 12.1 Å². The van der Waals surface area contributed by atoms with Crippen molar-refractivity contribution in [1.29, 1.82) is 0 Å². The normalized spacial score (nSPS) is 19.0. The van der Waals surface area contributed by atoms with Crippen LogP contribution in [0.3, 0.4) is 0 Å². The second-order valence-corrected chi connectivity index (χ2v) is 10.1. The molecule has 29 heavy (non-hydrogen) atoms. The van der Waals surface area contributed by atoms with E-state index in [4.69, 9.17) is 5.10 Å². The van der Waals surface area contributed by atoms with Crippen LogP contribution in [0.4, 0.5) is 11.5 Å². The van der Waals surface area contributed by atoms with E-state index in [1.807, 2.05) is 10.7 Å². The summed E-state index contributed by atoms with van der Waals surface area (Å²) in [6.45, 7) is 14.5. The monoisotopic (exact) mass is 396 g/mol. The van der Waals surface area contributed by atoms with E-state index in [1.54, 1.807) is 24.3 Å². The van der Waals surface area contributed by atoms with Gasteiger partial charge in [-0.3, -0.25) is 9.59 Å². The highest BCUT2D eigenvalue weighted by molar-refractivity contribution is 6.04. The van der Waals surface area contributed by atoms with Gasteiger partial charge < -0.3 is 10.6 Å². The largest absolute Gasteiger partial charge is 0.326 e.